The van der Waals surface area contributed by atoms with Crippen LogP contribution in [0.25, 0.3) is 0 Å². The number of rotatable bonds is 3. The van der Waals surface area contributed by atoms with Crippen molar-refractivity contribution in [3.8, 4) is 6.07 Å². The predicted octanol–water partition coefficient (Wildman–Crippen LogP) is 4.73. The van der Waals surface area contributed by atoms with Crippen LogP contribution in [0.2, 0.25) is 0 Å². The molecule has 1 nitrogen and oxygen atoms in total. The van der Waals surface area contributed by atoms with Gasteiger partial charge in [0.25, 0.3) is 4.58 Å². The Morgan fingerprint density at radius 2 is 1.22 bits per heavy atom. The van der Waals surface area contributed by atoms with Gasteiger partial charge < -0.3 is 0 Å². The van der Waals surface area contributed by atoms with Crippen LogP contribution < -0.4 is 0 Å². The van der Waals surface area contributed by atoms with Crippen molar-refractivity contribution in [1.82, 2.24) is 0 Å². The summed E-state index contributed by atoms with van der Waals surface area (Å²) >= 11 is 6.49. The van der Waals surface area contributed by atoms with Crippen LogP contribution in [0.15, 0.2) is 0 Å². The maximum atomic E-state index is 13.3. The Kier molecular flexibility index (Phi) is 4.67. The molecule has 0 saturated heterocycles. The molecule has 0 rings (SSSR count). The van der Waals surface area contributed by atoms with Crippen LogP contribution in [0.5, 0.6) is 0 Å². The third kappa shape index (κ3) is 2.43. The minimum absolute atomic E-state index is 0.149. The third-order valence-corrected chi connectivity index (χ3v) is 4.10. The maximum Gasteiger partial charge on any atom is 0.441 e. The fourth-order valence-corrected chi connectivity index (χ4v) is 1.80. The SMILES string of the molecule is N#C[C@](F)(Br)C(F)(F)[C@@](F)(Br)[C@@](F)(Cl)C(F)(F)F. The van der Waals surface area contributed by atoms with Gasteiger partial charge in [-0.25, -0.2) is 13.2 Å². The highest BCUT2D eigenvalue weighted by Crippen LogP contribution is 2.61. The van der Waals surface area contributed by atoms with Crippen molar-refractivity contribution < 1.29 is 35.1 Å². The van der Waals surface area contributed by atoms with Gasteiger partial charge in [-0.1, -0.05) is 11.6 Å². The Hall–Kier alpha value is 0.180. The van der Waals surface area contributed by atoms with E-state index in [9.17, 15) is 35.1 Å². The maximum absolute atomic E-state index is 13.3. The normalized spacial score (nSPS) is 23.4. The van der Waals surface area contributed by atoms with Gasteiger partial charge in [-0.05, 0) is 31.9 Å². The first-order valence-corrected chi connectivity index (χ1v) is 5.52. The average Bonchev–Trinajstić information content (AvgIpc) is 2.15. The zero-order valence-electron chi connectivity index (χ0n) is 7.60. The molecular weight excluding hydrogens is 433 g/mol. The summed E-state index contributed by atoms with van der Waals surface area (Å²) in [5, 5.41) is 2.30. The average molecular weight is 433 g/mol. The molecule has 0 unspecified atom stereocenters. The lowest BCUT2D eigenvalue weighted by atomic mass is 10.0. The summed E-state index contributed by atoms with van der Waals surface area (Å²) in [6.45, 7) is 0. The Bertz CT molecular complexity index is 371. The molecule has 0 aliphatic carbocycles. The fraction of sp³-hybridized carbons (Fsp3) is 0.833. The van der Waals surface area contributed by atoms with Gasteiger partial charge in [0.15, 0.2) is 0 Å². The molecule has 0 aromatic heterocycles. The van der Waals surface area contributed by atoms with E-state index in [0.29, 0.717) is 0 Å². The molecule has 0 bridgehead atoms. The van der Waals surface area contributed by atoms with Gasteiger partial charge >= 0.3 is 21.8 Å². The van der Waals surface area contributed by atoms with Crippen molar-refractivity contribution in [2.24, 2.45) is 0 Å². The van der Waals surface area contributed by atoms with Crippen molar-refractivity contribution in [1.29, 1.82) is 5.26 Å². The monoisotopic (exact) mass is 431 g/mol. The van der Waals surface area contributed by atoms with E-state index in [2.05, 4.69) is 11.6 Å². The van der Waals surface area contributed by atoms with Gasteiger partial charge in [0.1, 0.15) is 6.07 Å². The molecule has 0 aliphatic heterocycles. The first-order valence-electron chi connectivity index (χ1n) is 3.55. The molecule has 0 radical (unpaired) electrons. The van der Waals surface area contributed by atoms with Gasteiger partial charge in [-0.2, -0.15) is 27.2 Å². The minimum atomic E-state index is -6.30. The van der Waals surface area contributed by atoms with Crippen molar-refractivity contribution in [3.05, 3.63) is 0 Å². The van der Waals surface area contributed by atoms with E-state index in [1.807, 2.05) is 0 Å². The largest absolute Gasteiger partial charge is 0.441 e. The minimum Gasteiger partial charge on any atom is -0.219 e. The Morgan fingerprint density at radius 3 is 1.44 bits per heavy atom. The second-order valence-corrected chi connectivity index (χ2v) is 5.61. The summed E-state index contributed by atoms with van der Waals surface area (Å²) in [5.41, 5.74) is 0. The topological polar surface area (TPSA) is 23.8 Å². The number of nitriles is 1. The number of nitrogens with zero attached hydrogens (tertiary/aromatic N) is 1. The Morgan fingerprint density at radius 1 is 0.889 bits per heavy atom. The summed E-state index contributed by atoms with van der Waals surface area (Å²) in [4.78, 5) is 0. The van der Waals surface area contributed by atoms with Crippen LogP contribution in [0, 0.1) is 11.3 Å². The molecular formula is C6Br2ClF8N. The summed E-state index contributed by atoms with van der Waals surface area (Å²) < 4.78 is 91.5. The van der Waals surface area contributed by atoms with Crippen LogP contribution in [-0.4, -0.2) is 26.4 Å². The molecule has 0 fully saturated rings. The van der Waals surface area contributed by atoms with Crippen LogP contribution in [0.3, 0.4) is 0 Å². The van der Waals surface area contributed by atoms with Crippen LogP contribution in [0.4, 0.5) is 35.1 Å². The molecule has 12 heteroatoms. The summed E-state index contributed by atoms with van der Waals surface area (Å²) in [5.74, 6) is -5.80. The van der Waals surface area contributed by atoms with Gasteiger partial charge in [0.05, 0.1) is 0 Å². The zero-order valence-corrected chi connectivity index (χ0v) is 11.5. The van der Waals surface area contributed by atoms with Crippen molar-refractivity contribution in [3.63, 3.8) is 0 Å². The molecule has 0 heterocycles. The smallest absolute Gasteiger partial charge is 0.219 e. The van der Waals surface area contributed by atoms with E-state index in [0.717, 1.165) is 15.9 Å². The van der Waals surface area contributed by atoms with Gasteiger partial charge in [0.2, 0.25) is 0 Å². The second-order valence-electron chi connectivity index (χ2n) is 2.91. The van der Waals surface area contributed by atoms with Crippen molar-refractivity contribution >= 4 is 43.5 Å². The Labute approximate surface area is 116 Å². The second kappa shape index (κ2) is 4.63. The lowest BCUT2D eigenvalue weighted by Gasteiger charge is -2.38. The van der Waals surface area contributed by atoms with Gasteiger partial charge in [-0.15, -0.1) is 0 Å². The number of hydrogen-bond donors (Lipinski definition) is 0. The molecule has 0 aromatic carbocycles. The van der Waals surface area contributed by atoms with Crippen molar-refractivity contribution in [2.75, 3.05) is 0 Å². The molecule has 0 N–H and O–H groups in total. The number of hydrogen-bond acceptors (Lipinski definition) is 1. The van der Waals surface area contributed by atoms with Crippen molar-refractivity contribution in [2.45, 2.75) is 26.4 Å². The third-order valence-electron chi connectivity index (χ3n) is 1.68. The summed E-state index contributed by atoms with van der Waals surface area (Å²) in [6.07, 6.45) is -6.30. The highest BCUT2D eigenvalue weighted by Gasteiger charge is 2.82. The van der Waals surface area contributed by atoms with Gasteiger partial charge in [0, 0.05) is 0 Å². The summed E-state index contributed by atoms with van der Waals surface area (Å²) in [7, 11) is 0. The summed E-state index contributed by atoms with van der Waals surface area (Å²) in [6, 6.07) is 0.149. The standard InChI is InChI=1S/C6Br2ClF8N/c7-2(10,1-18)5(13,14)3(8,11)4(9,12)6(15,16)17/t2-,3-,4+/m1/s1. The molecule has 0 amide bonds. The molecule has 0 aliphatic rings. The van der Waals surface area contributed by atoms with E-state index < -0.39 is 26.4 Å². The Balaban J connectivity index is 5.90. The van der Waals surface area contributed by atoms with E-state index in [1.54, 1.807) is 0 Å². The molecule has 0 spiro atoms. The van der Waals surface area contributed by atoms with Crippen LogP contribution in [-0.2, 0) is 0 Å². The molecule has 18 heavy (non-hydrogen) atoms. The fourth-order valence-electron chi connectivity index (χ4n) is 0.643. The highest BCUT2D eigenvalue weighted by molar-refractivity contribution is 9.10. The molecule has 0 saturated carbocycles. The van der Waals surface area contributed by atoms with E-state index in [-0.39, 0.29) is 6.07 Å². The molecule has 106 valence electrons. The highest BCUT2D eigenvalue weighted by atomic mass is 79.9. The molecule has 3 atom stereocenters. The molecule has 0 aromatic rings. The van der Waals surface area contributed by atoms with Gasteiger partial charge in [-0.3, -0.25) is 0 Å². The lowest BCUT2D eigenvalue weighted by Crippen LogP contribution is -2.64. The number of alkyl halides is 11. The van der Waals surface area contributed by atoms with E-state index in [1.165, 1.54) is 15.9 Å². The first kappa shape index (κ1) is 18.2. The van der Waals surface area contributed by atoms with E-state index in [4.69, 9.17) is 5.26 Å². The zero-order chi connectivity index (χ0) is 15.2. The van der Waals surface area contributed by atoms with E-state index >= 15 is 0 Å². The number of halogens is 11. The lowest BCUT2D eigenvalue weighted by molar-refractivity contribution is -0.261. The quantitative estimate of drug-likeness (QED) is 0.466. The van der Waals surface area contributed by atoms with Crippen LogP contribution in [0.1, 0.15) is 0 Å². The predicted molar refractivity (Wildman–Crippen MR) is 51.8 cm³/mol. The first-order chi connectivity index (χ1) is 7.56. The van der Waals surface area contributed by atoms with Crippen LogP contribution >= 0.6 is 43.5 Å².